The molecule has 0 fully saturated rings. The summed E-state index contributed by atoms with van der Waals surface area (Å²) in [4.78, 5) is 10.3. The Balaban J connectivity index is 2.56. The van der Waals surface area contributed by atoms with Gasteiger partial charge in [0.15, 0.2) is 6.29 Å². The molecule has 0 amide bonds. The van der Waals surface area contributed by atoms with Gasteiger partial charge in [-0.2, -0.15) is 0 Å². The van der Waals surface area contributed by atoms with Crippen molar-refractivity contribution < 1.29 is 19.1 Å². The Morgan fingerprint density at radius 2 is 1.95 bits per heavy atom. The van der Waals surface area contributed by atoms with E-state index in [1.165, 1.54) is 12.1 Å². The Labute approximate surface area is 126 Å². The zero-order valence-corrected chi connectivity index (χ0v) is 13.1. The van der Waals surface area contributed by atoms with Crippen LogP contribution in [0.2, 0.25) is 0 Å². The van der Waals surface area contributed by atoms with Gasteiger partial charge in [-0.25, -0.2) is 0 Å². The van der Waals surface area contributed by atoms with E-state index in [2.05, 4.69) is 15.9 Å². The molecule has 0 aliphatic rings. The molecular weight excluding hydrogens is 330 g/mol. The van der Waals surface area contributed by atoms with Gasteiger partial charge in [0.2, 0.25) is 0 Å². The van der Waals surface area contributed by atoms with Crippen LogP contribution in [0.1, 0.15) is 20.3 Å². The fraction of sp³-hybridized carbons (Fsp3) is 0.538. The van der Waals surface area contributed by atoms with Gasteiger partial charge in [-0.05, 0) is 35.8 Å². The minimum Gasteiger partial charge on any atom is -0.492 e. The maximum atomic E-state index is 10.7. The molecular formula is C13H18BrNO5. The molecule has 0 aliphatic carbocycles. The molecule has 0 aromatic heterocycles. The number of ether oxygens (including phenoxy) is 3. The minimum absolute atomic E-state index is 0.00522. The van der Waals surface area contributed by atoms with Crippen LogP contribution >= 0.6 is 15.9 Å². The lowest BCUT2D eigenvalue weighted by molar-refractivity contribution is -0.385. The van der Waals surface area contributed by atoms with E-state index in [-0.39, 0.29) is 12.0 Å². The zero-order valence-electron chi connectivity index (χ0n) is 11.5. The lowest BCUT2D eigenvalue weighted by Gasteiger charge is -2.17. The van der Waals surface area contributed by atoms with Crippen LogP contribution in [0.3, 0.4) is 0 Å². The van der Waals surface area contributed by atoms with Crippen molar-refractivity contribution >= 4 is 21.6 Å². The number of rotatable bonds is 9. The molecule has 7 heteroatoms. The first kappa shape index (κ1) is 16.9. The Bertz CT molecular complexity index is 435. The van der Waals surface area contributed by atoms with E-state index >= 15 is 0 Å². The first-order chi connectivity index (χ1) is 9.58. The summed E-state index contributed by atoms with van der Waals surface area (Å²) in [7, 11) is 0. The molecule has 0 unspecified atom stereocenters. The van der Waals surface area contributed by atoms with Gasteiger partial charge in [-0.3, -0.25) is 10.1 Å². The van der Waals surface area contributed by atoms with Crippen LogP contribution in [-0.2, 0) is 9.47 Å². The second kappa shape index (κ2) is 8.89. The third kappa shape index (κ3) is 5.44. The van der Waals surface area contributed by atoms with Crippen molar-refractivity contribution in [1.29, 1.82) is 0 Å². The smallest absolute Gasteiger partial charge is 0.273 e. The average Bonchev–Trinajstić information content (AvgIpc) is 2.41. The Morgan fingerprint density at radius 1 is 1.30 bits per heavy atom. The fourth-order valence-corrected chi connectivity index (χ4v) is 1.93. The molecule has 0 saturated heterocycles. The van der Waals surface area contributed by atoms with Gasteiger partial charge < -0.3 is 14.2 Å². The van der Waals surface area contributed by atoms with E-state index in [0.29, 0.717) is 36.5 Å². The summed E-state index contributed by atoms with van der Waals surface area (Å²) in [6, 6.07) is 4.40. The summed E-state index contributed by atoms with van der Waals surface area (Å²) in [5, 5.41) is 10.7. The number of nitro benzene ring substituents is 1. The van der Waals surface area contributed by atoms with E-state index in [1.54, 1.807) is 6.07 Å². The first-order valence-electron chi connectivity index (χ1n) is 6.38. The van der Waals surface area contributed by atoms with Gasteiger partial charge in [0.05, 0.1) is 22.1 Å². The van der Waals surface area contributed by atoms with Gasteiger partial charge in [0.25, 0.3) is 5.69 Å². The molecule has 0 spiro atoms. The number of non-ortho nitro benzene ring substituents is 1. The quantitative estimate of drug-likeness (QED) is 0.388. The highest BCUT2D eigenvalue weighted by atomic mass is 79.9. The van der Waals surface area contributed by atoms with Crippen molar-refractivity contribution in [2.75, 3.05) is 19.8 Å². The maximum absolute atomic E-state index is 10.7. The second-order valence-electron chi connectivity index (χ2n) is 3.85. The van der Waals surface area contributed by atoms with E-state index in [9.17, 15) is 10.1 Å². The SMILES string of the molecule is CCOC(CCOc1cc([N+](=O)[O-])ccc1Br)OCC. The van der Waals surface area contributed by atoms with Crippen LogP contribution < -0.4 is 4.74 Å². The van der Waals surface area contributed by atoms with Crippen molar-refractivity contribution in [3.8, 4) is 5.75 Å². The van der Waals surface area contributed by atoms with Gasteiger partial charge in [0.1, 0.15) is 5.75 Å². The lowest BCUT2D eigenvalue weighted by Crippen LogP contribution is -2.20. The Kier molecular flexibility index (Phi) is 7.50. The van der Waals surface area contributed by atoms with Crippen LogP contribution in [-0.4, -0.2) is 31.0 Å². The van der Waals surface area contributed by atoms with Crippen molar-refractivity contribution in [1.82, 2.24) is 0 Å². The van der Waals surface area contributed by atoms with E-state index in [4.69, 9.17) is 14.2 Å². The van der Waals surface area contributed by atoms with Crippen molar-refractivity contribution in [3.05, 3.63) is 32.8 Å². The molecule has 112 valence electrons. The normalized spacial score (nSPS) is 10.8. The highest BCUT2D eigenvalue weighted by molar-refractivity contribution is 9.10. The summed E-state index contributed by atoms with van der Waals surface area (Å²) in [5.41, 5.74) is -0.00522. The summed E-state index contributed by atoms with van der Waals surface area (Å²) >= 11 is 3.30. The molecule has 0 saturated carbocycles. The highest BCUT2D eigenvalue weighted by Crippen LogP contribution is 2.29. The molecule has 0 N–H and O–H groups in total. The van der Waals surface area contributed by atoms with Gasteiger partial charge >= 0.3 is 0 Å². The lowest BCUT2D eigenvalue weighted by atomic mass is 10.3. The van der Waals surface area contributed by atoms with Crippen molar-refractivity contribution in [3.63, 3.8) is 0 Å². The number of benzene rings is 1. The molecule has 1 aromatic rings. The Morgan fingerprint density at radius 3 is 2.50 bits per heavy atom. The average molecular weight is 348 g/mol. The molecule has 0 bridgehead atoms. The van der Waals surface area contributed by atoms with Gasteiger partial charge in [-0.1, -0.05) is 0 Å². The molecule has 0 radical (unpaired) electrons. The minimum atomic E-state index is -0.456. The fourth-order valence-electron chi connectivity index (χ4n) is 1.57. The number of halogens is 1. The largest absolute Gasteiger partial charge is 0.492 e. The summed E-state index contributed by atoms with van der Waals surface area (Å²) in [6.45, 7) is 5.26. The summed E-state index contributed by atoms with van der Waals surface area (Å²) in [6.07, 6.45) is 0.235. The van der Waals surface area contributed by atoms with Crippen LogP contribution in [0.25, 0.3) is 0 Å². The number of hydrogen-bond donors (Lipinski definition) is 0. The van der Waals surface area contributed by atoms with E-state index in [1.807, 2.05) is 13.8 Å². The third-order valence-corrected chi connectivity index (χ3v) is 3.10. The summed E-state index contributed by atoms with van der Waals surface area (Å²) < 4.78 is 17.0. The van der Waals surface area contributed by atoms with E-state index < -0.39 is 4.92 Å². The third-order valence-electron chi connectivity index (χ3n) is 2.44. The monoisotopic (exact) mass is 347 g/mol. The van der Waals surface area contributed by atoms with Gasteiger partial charge in [0, 0.05) is 25.7 Å². The van der Waals surface area contributed by atoms with Crippen LogP contribution in [0, 0.1) is 10.1 Å². The predicted octanol–water partition coefficient (Wildman–Crippen LogP) is 3.53. The van der Waals surface area contributed by atoms with Crippen LogP contribution in [0.4, 0.5) is 5.69 Å². The number of nitro groups is 1. The van der Waals surface area contributed by atoms with Gasteiger partial charge in [-0.15, -0.1) is 0 Å². The first-order valence-corrected chi connectivity index (χ1v) is 7.17. The number of nitrogens with zero attached hydrogens (tertiary/aromatic N) is 1. The zero-order chi connectivity index (χ0) is 15.0. The number of hydrogen-bond acceptors (Lipinski definition) is 5. The molecule has 6 nitrogen and oxygen atoms in total. The van der Waals surface area contributed by atoms with Crippen molar-refractivity contribution in [2.45, 2.75) is 26.6 Å². The van der Waals surface area contributed by atoms with E-state index in [0.717, 1.165) is 0 Å². The molecule has 20 heavy (non-hydrogen) atoms. The Hall–Kier alpha value is -1.18. The molecule has 0 aliphatic heterocycles. The predicted molar refractivity (Wildman–Crippen MR) is 77.9 cm³/mol. The van der Waals surface area contributed by atoms with Crippen molar-refractivity contribution in [2.24, 2.45) is 0 Å². The van der Waals surface area contributed by atoms with Crippen LogP contribution in [0.15, 0.2) is 22.7 Å². The maximum Gasteiger partial charge on any atom is 0.273 e. The molecule has 0 heterocycles. The molecule has 0 atom stereocenters. The summed E-state index contributed by atoms with van der Waals surface area (Å²) in [5.74, 6) is 0.436. The second-order valence-corrected chi connectivity index (χ2v) is 4.70. The standard InChI is InChI=1S/C13H18BrNO5/c1-3-18-13(19-4-2)7-8-20-12-9-10(15(16)17)5-6-11(12)14/h5-6,9,13H,3-4,7-8H2,1-2H3. The molecule has 1 aromatic carbocycles. The topological polar surface area (TPSA) is 70.8 Å². The highest BCUT2D eigenvalue weighted by Gasteiger charge is 2.12. The molecule has 1 rings (SSSR count). The van der Waals surface area contributed by atoms with Crippen LogP contribution in [0.5, 0.6) is 5.75 Å².